The van der Waals surface area contributed by atoms with Gasteiger partial charge in [-0.3, -0.25) is 0 Å². The van der Waals surface area contributed by atoms with E-state index >= 15 is 0 Å². The van der Waals surface area contributed by atoms with Gasteiger partial charge in [-0.15, -0.1) is 0 Å². The Morgan fingerprint density at radius 1 is 0.514 bits per heavy atom. The van der Waals surface area contributed by atoms with E-state index in [0.29, 0.717) is 0 Å². The van der Waals surface area contributed by atoms with Crippen LogP contribution in [0.15, 0.2) is 0 Å². The quantitative estimate of drug-likeness (QED) is 0.0728. The van der Waals surface area contributed by atoms with Gasteiger partial charge < -0.3 is 14.4 Å². The number of carboxylic acids is 1. The van der Waals surface area contributed by atoms with Crippen molar-refractivity contribution in [3.8, 4) is 0 Å². The van der Waals surface area contributed by atoms with Gasteiger partial charge in [-0.25, -0.2) is 0 Å². The fraction of sp³-hybridized carbons (Fsp3) is 0.970. The van der Waals surface area contributed by atoms with Crippen LogP contribution in [0.25, 0.3) is 0 Å². The normalized spacial score (nSPS) is 11.4. The number of carbonyl (C=O) groups excluding carboxylic acids is 1. The highest BCUT2D eigenvalue weighted by molar-refractivity contribution is 7.99. The highest BCUT2D eigenvalue weighted by Gasteiger charge is 2.20. The van der Waals surface area contributed by atoms with Gasteiger partial charge in [-0.1, -0.05) is 124 Å². The van der Waals surface area contributed by atoms with Crippen LogP contribution >= 0.6 is 11.8 Å². The Labute approximate surface area is 238 Å². The Morgan fingerprint density at radius 3 is 1.14 bits per heavy atom. The molecule has 0 aliphatic rings. The Hall–Kier alpha value is -0.220. The minimum Gasteiger partial charge on any atom is -0.549 e. The summed E-state index contributed by atoms with van der Waals surface area (Å²) in [7, 11) is 2.56. The zero-order valence-electron chi connectivity index (χ0n) is 26.3. The van der Waals surface area contributed by atoms with Crippen LogP contribution in [0.1, 0.15) is 169 Å². The van der Waals surface area contributed by atoms with Gasteiger partial charge in [0.15, 0.2) is 0 Å². The number of carbonyl (C=O) groups is 1. The van der Waals surface area contributed by atoms with Gasteiger partial charge in [-0.05, 0) is 50.7 Å². The van der Waals surface area contributed by atoms with E-state index in [9.17, 15) is 9.90 Å². The largest absolute Gasteiger partial charge is 0.549 e. The van der Waals surface area contributed by atoms with Crippen molar-refractivity contribution in [1.29, 1.82) is 0 Å². The van der Waals surface area contributed by atoms with Crippen molar-refractivity contribution < 1.29 is 14.4 Å². The lowest BCUT2D eigenvalue weighted by atomic mass is 10.1. The van der Waals surface area contributed by atoms with Crippen LogP contribution in [0.4, 0.5) is 0 Å². The van der Waals surface area contributed by atoms with Gasteiger partial charge in [0.25, 0.3) is 0 Å². The van der Waals surface area contributed by atoms with Crippen LogP contribution in [0.5, 0.6) is 0 Å². The summed E-state index contributed by atoms with van der Waals surface area (Å²) in [5, 5.41) is 9.96. The Bertz CT molecular complexity index is 403. The second kappa shape index (κ2) is 32.0. The first-order valence-electron chi connectivity index (χ1n) is 16.6. The minimum atomic E-state index is -0.953. The molecule has 0 fully saturated rings. The minimum absolute atomic E-state index is 0.145. The first-order chi connectivity index (χ1) is 18.0. The summed E-state index contributed by atoms with van der Waals surface area (Å²) in [5.74, 6) is 0.144. The maximum atomic E-state index is 9.96. The van der Waals surface area contributed by atoms with Crippen molar-refractivity contribution in [3.05, 3.63) is 0 Å². The zero-order valence-corrected chi connectivity index (χ0v) is 27.1. The molecule has 0 aliphatic carbocycles. The summed E-state index contributed by atoms with van der Waals surface area (Å²) < 4.78 is 1.36. The van der Waals surface area contributed by atoms with Gasteiger partial charge in [0, 0.05) is 5.75 Å². The summed E-state index contributed by atoms with van der Waals surface area (Å²) in [6.45, 7) is 13.4. The van der Waals surface area contributed by atoms with E-state index in [1.807, 2.05) is 0 Å². The summed E-state index contributed by atoms with van der Waals surface area (Å²) >= 11 is 1.45. The number of carboxylic acid groups (broad SMARTS) is 1. The molecule has 0 bridgehead atoms. The van der Waals surface area contributed by atoms with Crippen LogP contribution in [0.3, 0.4) is 0 Å². The van der Waals surface area contributed by atoms with Crippen molar-refractivity contribution in [2.24, 2.45) is 0 Å². The molecule has 0 saturated carbocycles. The average molecular weight is 544 g/mol. The SMILES string of the molecule is CCCCCCCC[N+](C)(CCCCCCCC)CCCCCCCC.CCCCCCSCC(=O)[O-]. The highest BCUT2D eigenvalue weighted by atomic mass is 32.2. The predicted molar refractivity (Wildman–Crippen MR) is 167 cm³/mol. The highest BCUT2D eigenvalue weighted by Crippen LogP contribution is 2.16. The number of hydrogen-bond donors (Lipinski definition) is 0. The number of rotatable bonds is 28. The Kier molecular flexibility index (Phi) is 33.7. The third-order valence-corrected chi connectivity index (χ3v) is 8.53. The molecule has 0 rings (SSSR count). The number of thioether (sulfide) groups is 1. The van der Waals surface area contributed by atoms with Crippen LogP contribution in [0, 0.1) is 0 Å². The van der Waals surface area contributed by atoms with E-state index in [2.05, 4.69) is 34.7 Å². The molecule has 0 heterocycles. The van der Waals surface area contributed by atoms with E-state index in [0.717, 1.165) is 12.2 Å². The standard InChI is InChI=1S/C25H54N.C8H16O2S/c1-5-8-11-14-17-20-23-26(4,24-21-18-15-12-9-6-2)25-22-19-16-13-10-7-3;1-2-3-4-5-6-11-7-8(9)10/h5-25H2,1-4H3;2-7H2,1H3,(H,9,10)/q+1;/p-1. The van der Waals surface area contributed by atoms with E-state index in [-0.39, 0.29) is 5.75 Å². The van der Waals surface area contributed by atoms with Crippen LogP contribution in [-0.4, -0.2) is 48.6 Å². The lowest BCUT2D eigenvalue weighted by molar-refractivity contribution is -0.910. The van der Waals surface area contributed by atoms with Gasteiger partial charge in [0.2, 0.25) is 0 Å². The average Bonchev–Trinajstić information content (AvgIpc) is 2.88. The monoisotopic (exact) mass is 544 g/mol. The summed E-state index contributed by atoms with van der Waals surface area (Å²) in [6.07, 6.45) is 30.7. The first kappa shape index (κ1) is 38.9. The molecule has 3 nitrogen and oxygen atoms in total. The number of unbranched alkanes of at least 4 members (excludes halogenated alkanes) is 18. The molecule has 0 aromatic heterocycles. The van der Waals surface area contributed by atoms with Crippen LogP contribution in [0.2, 0.25) is 0 Å². The molecule has 0 spiro atoms. The topological polar surface area (TPSA) is 40.1 Å². The maximum Gasteiger partial charge on any atom is 0.0784 e. The van der Waals surface area contributed by atoms with Crippen molar-refractivity contribution >= 4 is 17.7 Å². The van der Waals surface area contributed by atoms with Gasteiger partial charge in [0.05, 0.1) is 32.7 Å². The van der Waals surface area contributed by atoms with E-state index < -0.39 is 5.97 Å². The molecule has 0 aromatic rings. The van der Waals surface area contributed by atoms with Crippen molar-refractivity contribution in [2.45, 2.75) is 169 Å². The Morgan fingerprint density at radius 2 is 0.811 bits per heavy atom. The third kappa shape index (κ3) is 33.8. The maximum absolute atomic E-state index is 9.96. The molecule has 0 unspecified atom stereocenters. The number of aliphatic carboxylic acids is 1. The van der Waals surface area contributed by atoms with Gasteiger partial charge in [0.1, 0.15) is 0 Å². The number of quaternary nitrogens is 1. The fourth-order valence-corrected chi connectivity index (χ4v) is 5.66. The molecule has 37 heavy (non-hydrogen) atoms. The van der Waals surface area contributed by atoms with Crippen molar-refractivity contribution in [2.75, 3.05) is 38.2 Å². The fourth-order valence-electron chi connectivity index (χ4n) is 4.94. The van der Waals surface area contributed by atoms with Crippen LogP contribution in [-0.2, 0) is 4.79 Å². The van der Waals surface area contributed by atoms with Gasteiger partial charge >= 0.3 is 0 Å². The number of nitrogens with zero attached hydrogens (tertiary/aromatic N) is 1. The molecule has 224 valence electrons. The molecule has 0 aromatic carbocycles. The molecule has 4 heteroatoms. The third-order valence-electron chi connectivity index (χ3n) is 7.52. The molecule has 0 radical (unpaired) electrons. The zero-order chi connectivity index (χ0) is 27.9. The molecular weight excluding hydrogens is 474 g/mol. The molecular formula is C33H69NO2S. The molecule has 0 N–H and O–H groups in total. The van der Waals surface area contributed by atoms with Gasteiger partial charge in [-0.2, -0.15) is 11.8 Å². The van der Waals surface area contributed by atoms with E-state index in [4.69, 9.17) is 0 Å². The van der Waals surface area contributed by atoms with Crippen molar-refractivity contribution in [3.63, 3.8) is 0 Å². The molecule has 0 atom stereocenters. The van der Waals surface area contributed by atoms with E-state index in [1.165, 1.54) is 171 Å². The lowest BCUT2D eigenvalue weighted by Crippen LogP contribution is -2.46. The van der Waals surface area contributed by atoms with E-state index in [1.54, 1.807) is 0 Å². The molecule has 0 saturated heterocycles. The van der Waals surface area contributed by atoms with Crippen LogP contribution < -0.4 is 5.11 Å². The lowest BCUT2D eigenvalue weighted by Gasteiger charge is -2.35. The summed E-state index contributed by atoms with van der Waals surface area (Å²) in [5.41, 5.74) is 0. The van der Waals surface area contributed by atoms with Crippen molar-refractivity contribution in [1.82, 2.24) is 0 Å². The summed E-state index contributed by atoms with van der Waals surface area (Å²) in [6, 6.07) is 0. The smallest absolute Gasteiger partial charge is 0.0784 e. The number of hydrogen-bond acceptors (Lipinski definition) is 3. The Balaban J connectivity index is 0. The summed E-state index contributed by atoms with van der Waals surface area (Å²) in [4.78, 5) is 9.96. The second-order valence-electron chi connectivity index (χ2n) is 11.6. The molecule has 0 aliphatic heterocycles. The second-order valence-corrected chi connectivity index (χ2v) is 12.7. The first-order valence-corrected chi connectivity index (χ1v) is 17.7. The molecule has 0 amide bonds. The predicted octanol–water partition coefficient (Wildman–Crippen LogP) is 9.56.